The van der Waals surface area contributed by atoms with Crippen LogP contribution in [-0.2, 0) is 11.2 Å². The molecule has 0 aromatic heterocycles. The van der Waals surface area contributed by atoms with Crippen LogP contribution in [0.5, 0.6) is 11.5 Å². The Morgan fingerprint density at radius 1 is 1.25 bits per heavy atom. The smallest absolute Gasteiger partial charge is 0.250 e. The molecule has 1 amide bonds. The average Bonchev–Trinajstić information content (AvgIpc) is 2.98. The summed E-state index contributed by atoms with van der Waals surface area (Å²) in [6.07, 6.45) is 3.38. The predicted octanol–water partition coefficient (Wildman–Crippen LogP) is 4.33. The first kappa shape index (κ1) is 18.8. The third-order valence-electron chi connectivity index (χ3n) is 5.29. The summed E-state index contributed by atoms with van der Waals surface area (Å²) in [6, 6.07) is 5.25. The van der Waals surface area contributed by atoms with E-state index >= 15 is 0 Å². The van der Waals surface area contributed by atoms with Crippen LogP contribution < -0.4 is 4.43 Å². The Hall–Kier alpha value is -1.49. The minimum atomic E-state index is -1.99. The number of carbonyl (C=O) groups excluding carboxylic acids is 1. The van der Waals surface area contributed by atoms with Gasteiger partial charge in [-0.05, 0) is 49.0 Å². The van der Waals surface area contributed by atoms with Crippen molar-refractivity contribution in [3.63, 3.8) is 0 Å². The summed E-state index contributed by atoms with van der Waals surface area (Å²) in [4.78, 5) is 14.2. The number of carbonyl (C=O) groups is 1. The van der Waals surface area contributed by atoms with Crippen LogP contribution in [0.2, 0.25) is 18.1 Å². The van der Waals surface area contributed by atoms with Gasteiger partial charge in [0, 0.05) is 25.6 Å². The Balaban J connectivity index is 2.11. The zero-order valence-electron chi connectivity index (χ0n) is 15.7. The number of amides is 1. The first-order chi connectivity index (χ1) is 11.1. The quantitative estimate of drug-likeness (QED) is 0.805. The fraction of sp³-hybridized carbons (Fsp3) is 0.632. The number of aromatic hydroxyl groups is 1. The van der Waals surface area contributed by atoms with Crippen LogP contribution in [0.15, 0.2) is 18.2 Å². The van der Waals surface area contributed by atoms with Gasteiger partial charge < -0.3 is 14.4 Å². The standard InChI is InChI=1S/C19H31NO3Si/c1-19(2,3)24(4,5)23-17-14-16(21)10-8-15(17)9-11-18(22)20-12-6-7-13-20/h8,10,14,21H,6-7,9,11-13H2,1-5H3. The van der Waals surface area contributed by atoms with Crippen molar-refractivity contribution in [2.75, 3.05) is 13.1 Å². The molecule has 134 valence electrons. The maximum Gasteiger partial charge on any atom is 0.250 e. The zero-order chi connectivity index (χ0) is 18.0. The van der Waals surface area contributed by atoms with E-state index in [1.807, 2.05) is 11.0 Å². The Bertz CT molecular complexity index is 587. The molecule has 1 aliphatic heterocycles. The van der Waals surface area contributed by atoms with E-state index in [1.54, 1.807) is 12.1 Å². The second-order valence-electron chi connectivity index (χ2n) is 8.24. The number of aryl methyl sites for hydroxylation is 1. The normalized spacial score (nSPS) is 15.6. The van der Waals surface area contributed by atoms with Crippen molar-refractivity contribution >= 4 is 14.2 Å². The van der Waals surface area contributed by atoms with Gasteiger partial charge in [-0.3, -0.25) is 4.79 Å². The zero-order valence-corrected chi connectivity index (χ0v) is 16.7. The summed E-state index contributed by atoms with van der Waals surface area (Å²) in [7, 11) is -1.99. The van der Waals surface area contributed by atoms with Crippen LogP contribution in [0.4, 0.5) is 0 Å². The highest BCUT2D eigenvalue weighted by molar-refractivity contribution is 6.74. The highest BCUT2D eigenvalue weighted by Gasteiger charge is 2.39. The lowest BCUT2D eigenvalue weighted by Gasteiger charge is -2.37. The van der Waals surface area contributed by atoms with E-state index in [-0.39, 0.29) is 16.7 Å². The summed E-state index contributed by atoms with van der Waals surface area (Å²) >= 11 is 0. The lowest BCUT2D eigenvalue weighted by Crippen LogP contribution is -2.44. The third kappa shape index (κ3) is 4.53. The van der Waals surface area contributed by atoms with E-state index in [0.29, 0.717) is 12.8 Å². The van der Waals surface area contributed by atoms with E-state index in [2.05, 4.69) is 33.9 Å². The van der Waals surface area contributed by atoms with Gasteiger partial charge in [0.15, 0.2) is 0 Å². The SMILES string of the molecule is CC(C)(C)[Si](C)(C)Oc1cc(O)ccc1CCC(=O)N1CCCC1. The number of phenols is 1. The van der Waals surface area contributed by atoms with Gasteiger partial charge in [0.1, 0.15) is 11.5 Å². The molecule has 2 rings (SSSR count). The van der Waals surface area contributed by atoms with Crippen LogP contribution in [0.3, 0.4) is 0 Å². The second-order valence-corrected chi connectivity index (χ2v) is 13.0. The Morgan fingerprint density at radius 2 is 1.88 bits per heavy atom. The molecule has 1 fully saturated rings. The topological polar surface area (TPSA) is 49.8 Å². The van der Waals surface area contributed by atoms with Gasteiger partial charge in [-0.25, -0.2) is 0 Å². The van der Waals surface area contributed by atoms with Gasteiger partial charge in [0.25, 0.3) is 0 Å². The van der Waals surface area contributed by atoms with Crippen molar-refractivity contribution < 1.29 is 14.3 Å². The number of hydrogen-bond donors (Lipinski definition) is 1. The third-order valence-corrected chi connectivity index (χ3v) is 9.63. The number of likely N-dealkylation sites (tertiary alicyclic amines) is 1. The molecule has 1 N–H and O–H groups in total. The van der Waals surface area contributed by atoms with Crippen molar-refractivity contribution in [2.24, 2.45) is 0 Å². The molecule has 1 aromatic rings. The van der Waals surface area contributed by atoms with Crippen molar-refractivity contribution in [3.05, 3.63) is 23.8 Å². The molecule has 1 saturated heterocycles. The van der Waals surface area contributed by atoms with Crippen LogP contribution in [0.1, 0.15) is 45.6 Å². The summed E-state index contributed by atoms with van der Waals surface area (Å²) < 4.78 is 6.39. The van der Waals surface area contributed by atoms with Crippen LogP contribution in [0, 0.1) is 0 Å². The van der Waals surface area contributed by atoms with E-state index in [9.17, 15) is 9.90 Å². The van der Waals surface area contributed by atoms with Crippen molar-refractivity contribution in [1.82, 2.24) is 4.90 Å². The van der Waals surface area contributed by atoms with Gasteiger partial charge in [-0.15, -0.1) is 0 Å². The van der Waals surface area contributed by atoms with Crippen LogP contribution in [-0.4, -0.2) is 37.3 Å². The first-order valence-electron chi connectivity index (χ1n) is 8.89. The number of phenolic OH excluding ortho intramolecular Hbond substituents is 1. The van der Waals surface area contributed by atoms with Crippen molar-refractivity contribution in [1.29, 1.82) is 0 Å². The lowest BCUT2D eigenvalue weighted by molar-refractivity contribution is -0.130. The minimum absolute atomic E-state index is 0.0844. The first-order valence-corrected chi connectivity index (χ1v) is 11.8. The van der Waals surface area contributed by atoms with Crippen molar-refractivity contribution in [2.45, 2.75) is 64.6 Å². The molecule has 0 saturated carbocycles. The van der Waals surface area contributed by atoms with Gasteiger partial charge in [-0.2, -0.15) is 0 Å². The molecule has 0 aliphatic carbocycles. The van der Waals surface area contributed by atoms with E-state index in [1.165, 1.54) is 0 Å². The van der Waals surface area contributed by atoms with Gasteiger partial charge >= 0.3 is 0 Å². The molecule has 0 bridgehead atoms. The lowest BCUT2D eigenvalue weighted by atomic mass is 10.1. The largest absolute Gasteiger partial charge is 0.543 e. The number of rotatable bonds is 5. The summed E-state index contributed by atoms with van der Waals surface area (Å²) in [6.45, 7) is 12.7. The highest BCUT2D eigenvalue weighted by Crippen LogP contribution is 2.39. The molecule has 4 nitrogen and oxygen atoms in total. The fourth-order valence-corrected chi connectivity index (χ4v) is 3.68. The average molecular weight is 350 g/mol. The molecule has 1 heterocycles. The molecular weight excluding hydrogens is 318 g/mol. The van der Waals surface area contributed by atoms with E-state index in [4.69, 9.17) is 4.43 Å². The predicted molar refractivity (Wildman–Crippen MR) is 100 cm³/mol. The van der Waals surface area contributed by atoms with Crippen molar-refractivity contribution in [3.8, 4) is 11.5 Å². The Morgan fingerprint density at radius 3 is 2.46 bits per heavy atom. The minimum Gasteiger partial charge on any atom is -0.543 e. The fourth-order valence-electron chi connectivity index (χ4n) is 2.64. The molecule has 0 spiro atoms. The van der Waals surface area contributed by atoms with E-state index in [0.717, 1.165) is 37.2 Å². The van der Waals surface area contributed by atoms with Gasteiger partial charge in [0.2, 0.25) is 14.2 Å². The molecule has 0 atom stereocenters. The highest BCUT2D eigenvalue weighted by atomic mass is 28.4. The van der Waals surface area contributed by atoms with E-state index < -0.39 is 8.32 Å². The maximum absolute atomic E-state index is 12.3. The summed E-state index contributed by atoms with van der Waals surface area (Å²) in [5.41, 5.74) is 1.00. The van der Waals surface area contributed by atoms with Crippen LogP contribution >= 0.6 is 0 Å². The maximum atomic E-state index is 12.3. The Kier molecular flexibility index (Phi) is 5.63. The molecule has 0 radical (unpaired) electrons. The molecule has 24 heavy (non-hydrogen) atoms. The van der Waals surface area contributed by atoms with Gasteiger partial charge in [0.05, 0.1) is 0 Å². The molecule has 1 aromatic carbocycles. The second kappa shape index (κ2) is 7.17. The Labute approximate surface area is 147 Å². The molecule has 0 unspecified atom stereocenters. The van der Waals surface area contributed by atoms with Gasteiger partial charge in [-0.1, -0.05) is 26.8 Å². The monoisotopic (exact) mass is 349 g/mol. The summed E-state index contributed by atoms with van der Waals surface area (Å²) in [5.74, 6) is 1.16. The number of nitrogens with zero attached hydrogens (tertiary/aromatic N) is 1. The molecular formula is C19H31NO3Si. The van der Waals surface area contributed by atoms with Crippen LogP contribution in [0.25, 0.3) is 0 Å². The number of hydrogen-bond acceptors (Lipinski definition) is 3. The molecule has 5 heteroatoms. The summed E-state index contributed by atoms with van der Waals surface area (Å²) in [5, 5.41) is 9.93. The number of benzene rings is 1. The molecule has 1 aliphatic rings.